The van der Waals surface area contributed by atoms with Gasteiger partial charge in [-0.05, 0) is 148 Å². The van der Waals surface area contributed by atoms with E-state index in [1.165, 1.54) is 25.0 Å². The molecule has 0 aliphatic carbocycles. The number of hydrogen-bond donors (Lipinski definition) is 4. The summed E-state index contributed by atoms with van der Waals surface area (Å²) in [6, 6.07) is 15.8. The molecule has 4 aliphatic rings. The normalized spacial score (nSPS) is 21.1. The van der Waals surface area contributed by atoms with Crippen molar-refractivity contribution in [3.8, 4) is 23.0 Å². The van der Waals surface area contributed by atoms with E-state index in [2.05, 4.69) is 38.1 Å². The van der Waals surface area contributed by atoms with Gasteiger partial charge in [0.05, 0.1) is 63.7 Å². The van der Waals surface area contributed by atoms with Crippen molar-refractivity contribution in [1.29, 1.82) is 0 Å². The number of benzene rings is 4. The third-order valence-corrected chi connectivity index (χ3v) is 17.9. The van der Waals surface area contributed by atoms with Crippen LogP contribution in [0.4, 0.5) is 0 Å². The van der Waals surface area contributed by atoms with Crippen molar-refractivity contribution in [2.45, 2.75) is 215 Å². The van der Waals surface area contributed by atoms with Crippen LogP contribution in [0.1, 0.15) is 176 Å². The Morgan fingerprint density at radius 3 is 0.724 bits per heavy atom. The van der Waals surface area contributed by atoms with Gasteiger partial charge in [0, 0.05) is 48.3 Å². The van der Waals surface area contributed by atoms with Crippen LogP contribution in [-0.2, 0) is 102 Å². The fourth-order valence-corrected chi connectivity index (χ4v) is 11.9. The van der Waals surface area contributed by atoms with Crippen LogP contribution in [0.3, 0.4) is 0 Å². The van der Waals surface area contributed by atoms with Gasteiger partial charge in [0.1, 0.15) is 49.4 Å². The van der Waals surface area contributed by atoms with E-state index in [0.717, 1.165) is 81.3 Å². The number of aromatic hydroxyl groups is 4. The van der Waals surface area contributed by atoms with Gasteiger partial charge in [-0.25, -0.2) is 0 Å². The van der Waals surface area contributed by atoms with E-state index in [9.17, 15) is 39.6 Å². The second-order valence-corrected chi connectivity index (χ2v) is 30.5. The van der Waals surface area contributed by atoms with Gasteiger partial charge in [0.15, 0.2) is 25.2 Å². The molecule has 548 valence electrons. The Morgan fingerprint density at radius 1 is 0.357 bits per heavy atom. The first-order chi connectivity index (χ1) is 45.8. The maximum Gasteiger partial charge on any atom is 0.306 e. The fraction of sp³-hybridized carbons (Fsp3) is 0.641. The first-order valence-corrected chi connectivity index (χ1v) is 34.4. The Balaban J connectivity index is 0.000000265. The van der Waals surface area contributed by atoms with Crippen molar-refractivity contribution in [2.75, 3.05) is 79.3 Å². The van der Waals surface area contributed by atoms with E-state index in [-0.39, 0.29) is 74.6 Å². The zero-order chi connectivity index (χ0) is 73.1. The van der Waals surface area contributed by atoms with Crippen LogP contribution >= 0.6 is 0 Å². The molecule has 2 spiro atoms. The Bertz CT molecular complexity index is 2940. The van der Waals surface area contributed by atoms with E-state index in [0.29, 0.717) is 77.2 Å². The third kappa shape index (κ3) is 24.5. The number of phenols is 4. The average Bonchev–Trinajstić information content (AvgIpc) is 0.790. The molecule has 4 aliphatic heterocycles. The van der Waals surface area contributed by atoms with Gasteiger partial charge in [0.2, 0.25) is 0 Å². The molecule has 0 unspecified atom stereocenters. The minimum Gasteiger partial charge on any atom is -0.507 e. The van der Waals surface area contributed by atoms with Crippen LogP contribution in [0.25, 0.3) is 0 Å². The summed E-state index contributed by atoms with van der Waals surface area (Å²) in [5.41, 5.74) is 8.84. The standard InChI is InChI=1S/2C28H42O9.2C11H16O/c2*1-18-10-21(11-19(2)23(18)31)8-9-22(30)33-13-27(6,7)25-36-16-28(17-37-25)14-34-24(35-15-28)26(4,5)12-32-20(3)29;2*1-4-5-10-6-8(2)11(12)9(3)7-10/h2*10-11,24-25,31H,8-9,12-17H2,1-7H3;2*6-7,12H,4-5H2,1-3H3. The number of hydrogen-bond acceptors (Lipinski definition) is 20. The third-order valence-electron chi connectivity index (χ3n) is 17.9. The molecule has 8 rings (SSSR count). The van der Waals surface area contributed by atoms with Gasteiger partial charge in [-0.2, -0.15) is 0 Å². The van der Waals surface area contributed by atoms with E-state index in [1.807, 2.05) is 135 Å². The molecule has 0 amide bonds. The summed E-state index contributed by atoms with van der Waals surface area (Å²) >= 11 is 0. The molecule has 4 heterocycles. The Hall–Kier alpha value is -6.36. The van der Waals surface area contributed by atoms with E-state index in [4.69, 9.17) is 56.8 Å². The molecule has 4 aromatic carbocycles. The van der Waals surface area contributed by atoms with Crippen LogP contribution in [-0.4, -0.2) is 149 Å². The highest BCUT2D eigenvalue weighted by molar-refractivity contribution is 5.70. The lowest BCUT2D eigenvalue weighted by molar-refractivity contribution is -0.337. The molecule has 0 radical (unpaired) electrons. The van der Waals surface area contributed by atoms with Crippen LogP contribution in [0.15, 0.2) is 48.5 Å². The number of esters is 4. The van der Waals surface area contributed by atoms with E-state index in [1.54, 1.807) is 0 Å². The molecular formula is C78H116O20. The summed E-state index contributed by atoms with van der Waals surface area (Å²) in [6.45, 7) is 41.7. The van der Waals surface area contributed by atoms with Crippen LogP contribution in [0.5, 0.6) is 23.0 Å². The monoisotopic (exact) mass is 1370 g/mol. The summed E-state index contributed by atoms with van der Waals surface area (Å²) in [6.07, 6.45) is 4.02. The van der Waals surface area contributed by atoms with Crippen LogP contribution in [0.2, 0.25) is 0 Å². The lowest BCUT2D eigenvalue weighted by Gasteiger charge is -2.48. The number of phenolic OH excluding ortho intramolecular Hbond substituents is 4. The molecule has 4 saturated heterocycles. The second kappa shape index (κ2) is 36.3. The van der Waals surface area contributed by atoms with Crippen LogP contribution in [0, 0.1) is 87.9 Å². The van der Waals surface area contributed by atoms with Crippen molar-refractivity contribution >= 4 is 23.9 Å². The summed E-state index contributed by atoms with van der Waals surface area (Å²) in [5, 5.41) is 38.8. The Labute approximate surface area is 582 Å². The predicted molar refractivity (Wildman–Crippen MR) is 373 cm³/mol. The van der Waals surface area contributed by atoms with Gasteiger partial charge in [-0.15, -0.1) is 0 Å². The summed E-state index contributed by atoms with van der Waals surface area (Å²) in [7, 11) is 0. The topological polar surface area (TPSA) is 260 Å². The molecular weight excluding hydrogens is 1260 g/mol. The summed E-state index contributed by atoms with van der Waals surface area (Å²) in [5.74, 6) is 0.200. The zero-order valence-electron chi connectivity index (χ0n) is 62.4. The first-order valence-electron chi connectivity index (χ1n) is 34.4. The maximum atomic E-state index is 12.4. The Morgan fingerprint density at radius 2 is 0.541 bits per heavy atom. The van der Waals surface area contributed by atoms with Gasteiger partial charge in [-0.3, -0.25) is 19.2 Å². The fourth-order valence-electron chi connectivity index (χ4n) is 11.9. The molecule has 4 fully saturated rings. The van der Waals surface area contributed by atoms with Crippen molar-refractivity contribution < 1.29 is 96.4 Å². The van der Waals surface area contributed by atoms with Gasteiger partial charge < -0.3 is 77.3 Å². The molecule has 0 aromatic heterocycles. The van der Waals surface area contributed by atoms with E-state index < -0.39 is 57.7 Å². The minimum atomic E-state index is -0.548. The smallest absolute Gasteiger partial charge is 0.306 e. The number of ether oxygens (including phenoxy) is 12. The lowest BCUT2D eigenvalue weighted by atomic mass is 9.86. The molecule has 20 nitrogen and oxygen atoms in total. The number of rotatable bonds is 22. The molecule has 0 bridgehead atoms. The number of aryl methyl sites for hydroxylation is 12. The maximum absolute atomic E-state index is 12.4. The number of carbonyl (C=O) groups excluding carboxylic acids is 4. The second-order valence-electron chi connectivity index (χ2n) is 30.5. The minimum absolute atomic E-state index is 0.163. The SMILES string of the molecule is CC(=O)OCC(C)(C)C1OCC2(CO1)COC(C(C)(C)COC(=O)CCc1cc(C)c(O)c(C)c1)OC2.CC(=O)OCC(C)(C)C1OCC2(CO1)COC(C(C)(C)COC(=O)CCc1cc(C)c(O)c(C)c1)OC2.CCCc1cc(C)c(O)c(C)c1.CCCc1cc(C)c(O)c(C)c1. The quantitative estimate of drug-likeness (QED) is 0.0421. The first kappa shape index (κ1) is 82.3. The van der Waals surface area contributed by atoms with Crippen molar-refractivity contribution in [3.05, 3.63) is 115 Å². The van der Waals surface area contributed by atoms with Gasteiger partial charge in [-0.1, -0.05) is 131 Å². The molecule has 20 heteroatoms. The largest absolute Gasteiger partial charge is 0.507 e. The molecule has 0 atom stereocenters. The Kier molecular flexibility index (Phi) is 30.5. The summed E-state index contributed by atoms with van der Waals surface area (Å²) < 4.78 is 69.7. The lowest BCUT2D eigenvalue weighted by Crippen LogP contribution is -2.57. The molecule has 0 saturated carbocycles. The van der Waals surface area contributed by atoms with E-state index >= 15 is 0 Å². The number of carbonyl (C=O) groups is 4. The van der Waals surface area contributed by atoms with Gasteiger partial charge in [0.25, 0.3) is 0 Å². The molecule has 98 heavy (non-hydrogen) atoms. The highest BCUT2D eigenvalue weighted by atomic mass is 16.7. The highest BCUT2D eigenvalue weighted by Crippen LogP contribution is 2.41. The van der Waals surface area contributed by atoms with Crippen LogP contribution < -0.4 is 0 Å². The zero-order valence-corrected chi connectivity index (χ0v) is 62.4. The average molecular weight is 1370 g/mol. The van der Waals surface area contributed by atoms with Crippen molar-refractivity contribution in [3.63, 3.8) is 0 Å². The van der Waals surface area contributed by atoms with Gasteiger partial charge >= 0.3 is 23.9 Å². The molecule has 4 aromatic rings. The van der Waals surface area contributed by atoms with Crippen molar-refractivity contribution in [2.24, 2.45) is 32.5 Å². The highest BCUT2D eigenvalue weighted by Gasteiger charge is 2.50. The predicted octanol–water partition coefficient (Wildman–Crippen LogP) is 13.6. The molecule has 4 N–H and O–H groups in total. The van der Waals surface area contributed by atoms with Crippen molar-refractivity contribution in [1.82, 2.24) is 0 Å². The summed E-state index contributed by atoms with van der Waals surface area (Å²) in [4.78, 5) is 47.1.